The summed E-state index contributed by atoms with van der Waals surface area (Å²) in [6, 6.07) is 6.52. The standard InChI is InChI=1S/C17H13F6N3O2/c18-16(19,20)10-1-5-12(6-2-10)25-14(27)9-24-15(28)26-13-7-3-11(4-8-13)17(21,22)23/h1-8H,9H2,(H,25,27)(H2,24,26,28). The number of rotatable bonds is 4. The van der Waals surface area contributed by atoms with Crippen LogP contribution in [-0.4, -0.2) is 18.5 Å². The molecule has 2 rings (SSSR count). The molecule has 0 saturated carbocycles. The summed E-state index contributed by atoms with van der Waals surface area (Å²) in [5.41, 5.74) is -1.58. The minimum Gasteiger partial charge on any atom is -0.329 e. The number of carbonyl (C=O) groups excluding carboxylic acids is 2. The number of hydrogen-bond acceptors (Lipinski definition) is 2. The van der Waals surface area contributed by atoms with Gasteiger partial charge in [0.1, 0.15) is 0 Å². The van der Waals surface area contributed by atoms with Crippen molar-refractivity contribution in [1.29, 1.82) is 0 Å². The Morgan fingerprint density at radius 2 is 1.07 bits per heavy atom. The molecule has 0 saturated heterocycles. The number of alkyl halides is 6. The van der Waals surface area contributed by atoms with Gasteiger partial charge in [0.25, 0.3) is 0 Å². The summed E-state index contributed by atoms with van der Waals surface area (Å²) in [5, 5.41) is 6.70. The van der Waals surface area contributed by atoms with Crippen molar-refractivity contribution in [1.82, 2.24) is 5.32 Å². The van der Waals surface area contributed by atoms with Gasteiger partial charge in [0.05, 0.1) is 17.7 Å². The lowest BCUT2D eigenvalue weighted by molar-refractivity contribution is -0.138. The van der Waals surface area contributed by atoms with Crippen LogP contribution in [0.25, 0.3) is 0 Å². The molecule has 2 aromatic carbocycles. The van der Waals surface area contributed by atoms with E-state index in [4.69, 9.17) is 0 Å². The van der Waals surface area contributed by atoms with Gasteiger partial charge in [-0.3, -0.25) is 4.79 Å². The van der Waals surface area contributed by atoms with Gasteiger partial charge in [-0.25, -0.2) is 4.79 Å². The van der Waals surface area contributed by atoms with E-state index in [0.717, 1.165) is 48.5 Å². The number of urea groups is 1. The highest BCUT2D eigenvalue weighted by Gasteiger charge is 2.30. The molecule has 28 heavy (non-hydrogen) atoms. The van der Waals surface area contributed by atoms with E-state index < -0.39 is 42.0 Å². The van der Waals surface area contributed by atoms with Gasteiger partial charge in [-0.15, -0.1) is 0 Å². The molecule has 0 atom stereocenters. The molecule has 150 valence electrons. The maximum absolute atomic E-state index is 12.5. The second-order valence-corrected chi connectivity index (χ2v) is 5.51. The SMILES string of the molecule is O=C(CNC(=O)Nc1ccc(C(F)(F)F)cc1)Nc1ccc(C(F)(F)F)cc1. The normalized spacial score (nSPS) is 11.6. The Morgan fingerprint density at radius 1 is 0.679 bits per heavy atom. The zero-order valence-electron chi connectivity index (χ0n) is 13.9. The van der Waals surface area contributed by atoms with Crippen LogP contribution in [0.2, 0.25) is 0 Å². The Morgan fingerprint density at radius 3 is 1.46 bits per heavy atom. The molecular formula is C17H13F6N3O2. The highest BCUT2D eigenvalue weighted by Crippen LogP contribution is 2.30. The van der Waals surface area contributed by atoms with E-state index >= 15 is 0 Å². The molecule has 0 aliphatic rings. The van der Waals surface area contributed by atoms with E-state index in [1.807, 2.05) is 0 Å². The number of carbonyl (C=O) groups is 2. The first-order chi connectivity index (χ1) is 12.9. The van der Waals surface area contributed by atoms with Crippen molar-refractivity contribution in [3.8, 4) is 0 Å². The second kappa shape index (κ2) is 8.19. The van der Waals surface area contributed by atoms with E-state index in [9.17, 15) is 35.9 Å². The molecule has 0 unspecified atom stereocenters. The first-order valence-electron chi connectivity index (χ1n) is 7.64. The largest absolute Gasteiger partial charge is 0.416 e. The predicted octanol–water partition coefficient (Wildman–Crippen LogP) is 4.48. The van der Waals surface area contributed by atoms with Crippen LogP contribution in [0, 0.1) is 0 Å². The van der Waals surface area contributed by atoms with Crippen LogP contribution in [0.15, 0.2) is 48.5 Å². The number of halogens is 6. The molecule has 0 heterocycles. The van der Waals surface area contributed by atoms with Gasteiger partial charge in [-0.1, -0.05) is 0 Å². The predicted molar refractivity (Wildman–Crippen MR) is 88.5 cm³/mol. The van der Waals surface area contributed by atoms with Crippen molar-refractivity contribution < 1.29 is 35.9 Å². The molecular weight excluding hydrogens is 392 g/mol. The molecule has 0 bridgehead atoms. The first kappa shape index (κ1) is 21.1. The molecule has 0 radical (unpaired) electrons. The minimum absolute atomic E-state index is 0.0775. The minimum atomic E-state index is -4.50. The molecule has 3 N–H and O–H groups in total. The fourth-order valence-corrected chi connectivity index (χ4v) is 2.03. The van der Waals surface area contributed by atoms with Crippen molar-refractivity contribution in [2.45, 2.75) is 12.4 Å². The first-order valence-corrected chi connectivity index (χ1v) is 7.64. The lowest BCUT2D eigenvalue weighted by atomic mass is 10.2. The molecule has 5 nitrogen and oxygen atoms in total. The number of hydrogen-bond donors (Lipinski definition) is 3. The van der Waals surface area contributed by atoms with E-state index in [1.165, 1.54) is 0 Å². The molecule has 0 aromatic heterocycles. The van der Waals surface area contributed by atoms with Crippen molar-refractivity contribution in [2.75, 3.05) is 17.2 Å². The Bertz CT molecular complexity index is 758. The highest BCUT2D eigenvalue weighted by atomic mass is 19.4. The third-order valence-electron chi connectivity index (χ3n) is 3.38. The highest BCUT2D eigenvalue weighted by molar-refractivity contribution is 5.96. The van der Waals surface area contributed by atoms with Gasteiger partial charge < -0.3 is 16.0 Å². The monoisotopic (exact) mass is 405 g/mol. The van der Waals surface area contributed by atoms with Gasteiger partial charge in [0.2, 0.25) is 5.91 Å². The molecule has 0 spiro atoms. The molecule has 0 fully saturated rings. The van der Waals surface area contributed by atoms with Crippen LogP contribution < -0.4 is 16.0 Å². The number of nitrogens with one attached hydrogen (secondary N) is 3. The summed E-state index contributed by atoms with van der Waals surface area (Å²) in [4.78, 5) is 23.4. The van der Waals surface area contributed by atoms with E-state index in [0.29, 0.717) is 0 Å². The second-order valence-electron chi connectivity index (χ2n) is 5.51. The Balaban J connectivity index is 1.81. The van der Waals surface area contributed by atoms with E-state index in [-0.39, 0.29) is 11.4 Å². The summed E-state index contributed by atoms with van der Waals surface area (Å²) in [6.45, 7) is -0.506. The topological polar surface area (TPSA) is 70.2 Å². The van der Waals surface area contributed by atoms with Gasteiger partial charge in [-0.2, -0.15) is 26.3 Å². The number of amides is 3. The molecule has 2 aromatic rings. The van der Waals surface area contributed by atoms with Crippen molar-refractivity contribution in [3.63, 3.8) is 0 Å². The third kappa shape index (κ3) is 6.18. The zero-order valence-corrected chi connectivity index (χ0v) is 13.9. The smallest absolute Gasteiger partial charge is 0.329 e. The van der Waals surface area contributed by atoms with Crippen LogP contribution in [-0.2, 0) is 17.1 Å². The Labute approximate surface area is 154 Å². The molecule has 11 heteroatoms. The van der Waals surface area contributed by atoms with Crippen molar-refractivity contribution in [3.05, 3.63) is 59.7 Å². The lowest BCUT2D eigenvalue weighted by Gasteiger charge is -2.11. The average Bonchev–Trinajstić information content (AvgIpc) is 2.59. The van der Waals surface area contributed by atoms with Crippen LogP contribution >= 0.6 is 0 Å². The summed E-state index contributed by atoms with van der Waals surface area (Å²) >= 11 is 0. The number of anilines is 2. The maximum Gasteiger partial charge on any atom is 0.416 e. The fourth-order valence-electron chi connectivity index (χ4n) is 2.03. The average molecular weight is 405 g/mol. The zero-order chi connectivity index (χ0) is 20.9. The van der Waals surface area contributed by atoms with Crippen LogP contribution in [0.4, 0.5) is 42.5 Å². The summed E-state index contributed by atoms with van der Waals surface area (Å²) in [6.07, 6.45) is -9.00. The van der Waals surface area contributed by atoms with E-state index in [1.54, 1.807) is 0 Å². The quantitative estimate of drug-likeness (QED) is 0.657. The van der Waals surface area contributed by atoms with Gasteiger partial charge in [0.15, 0.2) is 0 Å². The summed E-state index contributed by atoms with van der Waals surface area (Å²) < 4.78 is 74.7. The fraction of sp³-hybridized carbons (Fsp3) is 0.176. The van der Waals surface area contributed by atoms with Gasteiger partial charge in [0, 0.05) is 11.4 Å². The molecule has 3 amide bonds. The third-order valence-corrected chi connectivity index (χ3v) is 3.38. The Kier molecular flexibility index (Phi) is 6.16. The summed E-state index contributed by atoms with van der Waals surface area (Å²) in [7, 11) is 0. The van der Waals surface area contributed by atoms with Gasteiger partial charge >= 0.3 is 18.4 Å². The van der Waals surface area contributed by atoms with E-state index in [2.05, 4.69) is 16.0 Å². The number of benzene rings is 2. The summed E-state index contributed by atoms with van der Waals surface area (Å²) in [5.74, 6) is -0.706. The van der Waals surface area contributed by atoms with Gasteiger partial charge in [-0.05, 0) is 48.5 Å². The molecule has 0 aliphatic carbocycles. The van der Waals surface area contributed by atoms with Crippen molar-refractivity contribution >= 4 is 23.3 Å². The van der Waals surface area contributed by atoms with Crippen molar-refractivity contribution in [2.24, 2.45) is 0 Å². The Hall–Kier alpha value is -3.24. The molecule has 0 aliphatic heterocycles. The lowest BCUT2D eigenvalue weighted by Crippen LogP contribution is -2.35. The maximum atomic E-state index is 12.5. The van der Waals surface area contributed by atoms with Crippen LogP contribution in [0.1, 0.15) is 11.1 Å². The van der Waals surface area contributed by atoms with Crippen LogP contribution in [0.5, 0.6) is 0 Å². The van der Waals surface area contributed by atoms with Crippen LogP contribution in [0.3, 0.4) is 0 Å².